The number of piperazine rings is 1. The van der Waals surface area contributed by atoms with Crippen LogP contribution in [0.25, 0.3) is 0 Å². The topological polar surface area (TPSA) is 150 Å². The molecule has 0 radical (unpaired) electrons. The second-order valence-corrected chi connectivity index (χ2v) is 9.55. The quantitative estimate of drug-likeness (QED) is 0.410. The normalized spacial score (nSPS) is 14.8. The lowest BCUT2D eigenvalue weighted by Gasteiger charge is -2.34. The number of hydrogen-bond donors (Lipinski definition) is 0. The Morgan fingerprint density at radius 1 is 0.941 bits per heavy atom. The number of allylic oxidation sites excluding steroid dienone is 2. The molecule has 0 spiro atoms. The molecule has 0 atom stereocenters. The number of aromatic nitrogens is 4. The maximum atomic E-state index is 13.0. The summed E-state index contributed by atoms with van der Waals surface area (Å²) in [5.74, 6) is -0.372. The number of aryl methyl sites for hydroxylation is 2. The molecule has 184 valence electrons. The van der Waals surface area contributed by atoms with Crippen molar-refractivity contribution in [2.24, 2.45) is 0 Å². The second-order valence-electron chi connectivity index (χ2n) is 7.67. The van der Waals surface area contributed by atoms with Crippen molar-refractivity contribution in [3.63, 3.8) is 0 Å². The smallest absolute Gasteiger partial charge is 0.337 e. The van der Waals surface area contributed by atoms with E-state index in [9.17, 15) is 27.6 Å². The van der Waals surface area contributed by atoms with Crippen LogP contribution in [0.1, 0.15) is 11.5 Å². The van der Waals surface area contributed by atoms with Crippen LogP contribution in [0.5, 0.6) is 0 Å². The van der Waals surface area contributed by atoms with Crippen LogP contribution >= 0.6 is 0 Å². The Bertz CT molecular complexity index is 1340. The van der Waals surface area contributed by atoms with Gasteiger partial charge in [-0.1, -0.05) is 17.3 Å². The van der Waals surface area contributed by atoms with Crippen molar-refractivity contribution >= 4 is 15.9 Å². The summed E-state index contributed by atoms with van der Waals surface area (Å²) in [7, 11) is -3.86. The predicted octanol–water partition coefficient (Wildman–Crippen LogP) is -1.32. The monoisotopic (exact) mass is 494 g/mol. The lowest BCUT2D eigenvalue weighted by Crippen LogP contribution is -2.57. The summed E-state index contributed by atoms with van der Waals surface area (Å²) in [6.07, 6.45) is 2.66. The highest BCUT2D eigenvalue weighted by molar-refractivity contribution is 7.89. The molecule has 0 N–H and O–H groups in total. The molecule has 0 unspecified atom stereocenters. The number of hydrogen-bond acceptors (Lipinski definition) is 8. The number of amides is 1. The third-order valence-electron chi connectivity index (χ3n) is 5.46. The van der Waals surface area contributed by atoms with E-state index in [1.165, 1.54) is 35.2 Å². The van der Waals surface area contributed by atoms with Gasteiger partial charge in [0.05, 0.1) is 13.1 Å². The van der Waals surface area contributed by atoms with Crippen LogP contribution in [-0.2, 0) is 34.5 Å². The molecule has 1 fully saturated rings. The molecule has 2 aromatic rings. The van der Waals surface area contributed by atoms with Gasteiger partial charge in [-0.3, -0.25) is 4.79 Å². The fourth-order valence-corrected chi connectivity index (χ4v) is 5.49. The lowest BCUT2D eigenvalue weighted by atomic mass is 10.3. The van der Waals surface area contributed by atoms with Gasteiger partial charge in [0, 0.05) is 26.2 Å². The minimum absolute atomic E-state index is 0.00562. The molecule has 1 saturated heterocycles. The van der Waals surface area contributed by atoms with Crippen molar-refractivity contribution in [1.82, 2.24) is 28.1 Å². The van der Waals surface area contributed by atoms with E-state index in [0.717, 1.165) is 9.13 Å². The van der Waals surface area contributed by atoms with Crippen LogP contribution < -0.4 is 17.1 Å². The summed E-state index contributed by atoms with van der Waals surface area (Å²) < 4.78 is 34.4. The zero-order valence-electron chi connectivity index (χ0n) is 19.0. The van der Waals surface area contributed by atoms with Gasteiger partial charge in [0.1, 0.15) is 17.1 Å². The largest absolute Gasteiger partial charge is 0.360 e. The molecule has 1 amide bonds. The van der Waals surface area contributed by atoms with Crippen LogP contribution in [0.15, 0.2) is 49.1 Å². The Hall–Kier alpha value is -3.52. The molecule has 13 nitrogen and oxygen atoms in total. The number of carbonyl (C=O) groups excluding carboxylic acids is 1. The minimum atomic E-state index is -3.86. The molecule has 1 aliphatic heterocycles. The lowest BCUT2D eigenvalue weighted by molar-refractivity contribution is -0.133. The van der Waals surface area contributed by atoms with Crippen molar-refractivity contribution in [3.05, 3.63) is 68.2 Å². The SMILES string of the molecule is C=CCn1c(=O)n(CC=C)c(=O)n(CC(=O)N2CCN(S(=O)(=O)c3c(C)noc3C)CC2)c1=O. The van der Waals surface area contributed by atoms with Crippen molar-refractivity contribution in [1.29, 1.82) is 0 Å². The Morgan fingerprint density at radius 3 is 1.88 bits per heavy atom. The molecular weight excluding hydrogens is 468 g/mol. The van der Waals surface area contributed by atoms with E-state index in [1.807, 2.05) is 0 Å². The first-order valence-corrected chi connectivity index (χ1v) is 11.9. The summed E-state index contributed by atoms with van der Waals surface area (Å²) in [4.78, 5) is 52.2. The average Bonchev–Trinajstić information content (AvgIpc) is 3.15. The van der Waals surface area contributed by atoms with E-state index in [-0.39, 0.29) is 55.6 Å². The summed E-state index contributed by atoms with van der Waals surface area (Å²) >= 11 is 0. The number of carbonyl (C=O) groups is 1. The number of nitrogens with zero attached hydrogens (tertiary/aromatic N) is 6. The van der Waals surface area contributed by atoms with Gasteiger partial charge in [0.2, 0.25) is 15.9 Å². The maximum absolute atomic E-state index is 13.0. The number of rotatable bonds is 8. The van der Waals surface area contributed by atoms with Crippen molar-refractivity contribution in [2.45, 2.75) is 38.4 Å². The summed E-state index contributed by atoms with van der Waals surface area (Å²) in [5, 5.41) is 3.68. The maximum Gasteiger partial charge on any atom is 0.337 e. The van der Waals surface area contributed by atoms with E-state index in [1.54, 1.807) is 0 Å². The van der Waals surface area contributed by atoms with Gasteiger partial charge in [-0.05, 0) is 13.8 Å². The zero-order chi connectivity index (χ0) is 25.2. The highest BCUT2D eigenvalue weighted by atomic mass is 32.2. The van der Waals surface area contributed by atoms with Gasteiger partial charge in [-0.15, -0.1) is 13.2 Å². The minimum Gasteiger partial charge on any atom is -0.360 e. The Balaban J connectivity index is 1.81. The Kier molecular flexibility index (Phi) is 7.21. The Labute approximate surface area is 194 Å². The Morgan fingerprint density at radius 2 is 1.44 bits per heavy atom. The molecule has 0 aliphatic carbocycles. The fourth-order valence-electron chi connectivity index (χ4n) is 3.77. The van der Waals surface area contributed by atoms with E-state index >= 15 is 0 Å². The number of sulfonamides is 1. The first-order valence-electron chi connectivity index (χ1n) is 10.4. The molecule has 3 heterocycles. The molecule has 0 bridgehead atoms. The van der Waals surface area contributed by atoms with Gasteiger partial charge in [-0.25, -0.2) is 36.5 Å². The van der Waals surface area contributed by atoms with Crippen LogP contribution in [-0.4, -0.2) is 68.6 Å². The summed E-state index contributed by atoms with van der Waals surface area (Å²) in [6.45, 7) is 9.33. The molecular formula is C20H26N6O7S. The molecule has 1 aliphatic rings. The molecule has 3 rings (SSSR count). The highest BCUT2D eigenvalue weighted by Gasteiger charge is 2.34. The molecule has 14 heteroatoms. The van der Waals surface area contributed by atoms with Crippen molar-refractivity contribution in [3.8, 4) is 0 Å². The molecule has 2 aromatic heterocycles. The zero-order valence-corrected chi connectivity index (χ0v) is 19.8. The highest BCUT2D eigenvalue weighted by Crippen LogP contribution is 2.24. The van der Waals surface area contributed by atoms with E-state index in [4.69, 9.17) is 4.52 Å². The van der Waals surface area contributed by atoms with Crippen molar-refractivity contribution < 1.29 is 17.7 Å². The summed E-state index contributed by atoms with van der Waals surface area (Å²) in [6, 6.07) is 0. The van der Waals surface area contributed by atoms with E-state index in [2.05, 4.69) is 18.3 Å². The third kappa shape index (κ3) is 4.46. The summed E-state index contributed by atoms with van der Waals surface area (Å²) in [5.41, 5.74) is -2.43. The van der Waals surface area contributed by atoms with Crippen LogP contribution in [0.2, 0.25) is 0 Å². The van der Waals surface area contributed by atoms with Gasteiger partial charge in [0.25, 0.3) is 0 Å². The van der Waals surface area contributed by atoms with E-state index < -0.39 is 39.5 Å². The van der Waals surface area contributed by atoms with Crippen LogP contribution in [0, 0.1) is 13.8 Å². The van der Waals surface area contributed by atoms with Gasteiger partial charge >= 0.3 is 17.1 Å². The first-order chi connectivity index (χ1) is 16.0. The second kappa shape index (κ2) is 9.77. The molecule has 34 heavy (non-hydrogen) atoms. The fraction of sp³-hybridized carbons (Fsp3) is 0.450. The van der Waals surface area contributed by atoms with Gasteiger partial charge in [0.15, 0.2) is 5.76 Å². The van der Waals surface area contributed by atoms with Crippen LogP contribution in [0.4, 0.5) is 0 Å². The van der Waals surface area contributed by atoms with Crippen molar-refractivity contribution in [2.75, 3.05) is 26.2 Å². The molecule has 0 saturated carbocycles. The standard InChI is InChI=1S/C20H26N6O7S/c1-5-7-24-18(28)25(8-6-2)20(30)26(19(24)29)13-16(27)22-9-11-23(12-10-22)34(31,32)17-14(3)21-33-15(17)4/h5-6H,1-2,7-13H2,3-4H3. The van der Waals surface area contributed by atoms with Gasteiger partial charge < -0.3 is 9.42 Å². The van der Waals surface area contributed by atoms with Gasteiger partial charge in [-0.2, -0.15) is 4.31 Å². The predicted molar refractivity (Wildman–Crippen MR) is 121 cm³/mol. The average molecular weight is 495 g/mol. The first kappa shape index (κ1) is 25.1. The third-order valence-corrected chi connectivity index (χ3v) is 7.60. The van der Waals surface area contributed by atoms with E-state index in [0.29, 0.717) is 4.57 Å². The molecule has 0 aromatic carbocycles. The van der Waals surface area contributed by atoms with Crippen LogP contribution in [0.3, 0.4) is 0 Å².